The molecule has 1 aromatic heterocycles. The number of halogens is 1. The number of thiophene rings is 1. The summed E-state index contributed by atoms with van der Waals surface area (Å²) in [4.78, 5) is 0. The maximum absolute atomic E-state index is 5.93. The summed E-state index contributed by atoms with van der Waals surface area (Å²) in [5.41, 5.74) is 7.70. The Hall–Kier alpha value is -0.380. The Kier molecular flexibility index (Phi) is 2.41. The predicted molar refractivity (Wildman–Crippen MR) is 63.0 cm³/mol. The number of alkyl halides is 1. The SMILES string of the molecule is Nc1c(CCl)ccc2sc(S)cc12. The van der Waals surface area contributed by atoms with Gasteiger partial charge in [-0.3, -0.25) is 0 Å². The third-order valence-electron chi connectivity index (χ3n) is 1.96. The van der Waals surface area contributed by atoms with E-state index in [0.29, 0.717) is 5.88 Å². The topological polar surface area (TPSA) is 26.0 Å². The Morgan fingerprint density at radius 1 is 1.46 bits per heavy atom. The van der Waals surface area contributed by atoms with Gasteiger partial charge in [0.1, 0.15) is 0 Å². The Morgan fingerprint density at radius 3 is 2.92 bits per heavy atom. The van der Waals surface area contributed by atoms with Gasteiger partial charge in [-0.1, -0.05) is 6.07 Å². The second-order valence-electron chi connectivity index (χ2n) is 2.77. The third-order valence-corrected chi connectivity index (χ3v) is 3.56. The normalized spacial score (nSPS) is 10.9. The van der Waals surface area contributed by atoms with Crippen molar-refractivity contribution in [1.82, 2.24) is 0 Å². The van der Waals surface area contributed by atoms with Crippen molar-refractivity contribution in [2.75, 3.05) is 5.73 Å². The van der Waals surface area contributed by atoms with E-state index in [9.17, 15) is 0 Å². The van der Waals surface area contributed by atoms with Crippen molar-refractivity contribution < 1.29 is 0 Å². The molecule has 4 heteroatoms. The fourth-order valence-electron chi connectivity index (χ4n) is 1.28. The zero-order chi connectivity index (χ0) is 9.42. The average molecular weight is 230 g/mol. The molecule has 13 heavy (non-hydrogen) atoms. The Labute approximate surface area is 90.9 Å². The minimum Gasteiger partial charge on any atom is -0.398 e. The van der Waals surface area contributed by atoms with E-state index < -0.39 is 0 Å². The number of benzene rings is 1. The number of nitrogen functional groups attached to an aromatic ring is 1. The monoisotopic (exact) mass is 229 g/mol. The Bertz CT molecular complexity index is 450. The molecule has 0 amide bonds. The molecule has 1 nitrogen and oxygen atoms in total. The molecule has 0 unspecified atom stereocenters. The molecule has 1 heterocycles. The van der Waals surface area contributed by atoms with Crippen molar-refractivity contribution in [3.8, 4) is 0 Å². The number of anilines is 1. The summed E-state index contributed by atoms with van der Waals surface area (Å²) in [5.74, 6) is 0.458. The molecule has 2 rings (SSSR count). The molecule has 2 aromatic rings. The predicted octanol–water partition coefficient (Wildman–Crippen LogP) is 3.51. The lowest BCUT2D eigenvalue weighted by Gasteiger charge is -2.01. The molecule has 0 radical (unpaired) electrons. The lowest BCUT2D eigenvalue weighted by Crippen LogP contribution is -1.91. The van der Waals surface area contributed by atoms with Crippen LogP contribution in [0.5, 0.6) is 0 Å². The van der Waals surface area contributed by atoms with Crippen molar-refractivity contribution in [1.29, 1.82) is 0 Å². The smallest absolute Gasteiger partial charge is 0.0581 e. The second kappa shape index (κ2) is 3.40. The van der Waals surface area contributed by atoms with Gasteiger partial charge in [-0.2, -0.15) is 0 Å². The lowest BCUT2D eigenvalue weighted by atomic mass is 10.1. The van der Waals surface area contributed by atoms with Gasteiger partial charge in [0.25, 0.3) is 0 Å². The zero-order valence-corrected chi connectivity index (χ0v) is 9.22. The largest absolute Gasteiger partial charge is 0.398 e. The van der Waals surface area contributed by atoms with Crippen LogP contribution in [0, 0.1) is 0 Å². The van der Waals surface area contributed by atoms with Crippen LogP contribution in [0.4, 0.5) is 5.69 Å². The van der Waals surface area contributed by atoms with Crippen molar-refractivity contribution >= 4 is 51.3 Å². The van der Waals surface area contributed by atoms with Crippen LogP contribution in [-0.4, -0.2) is 0 Å². The molecule has 0 spiro atoms. The van der Waals surface area contributed by atoms with Crippen LogP contribution >= 0.6 is 35.6 Å². The molecular formula is C9H8ClNS2. The highest BCUT2D eigenvalue weighted by molar-refractivity contribution is 7.83. The lowest BCUT2D eigenvalue weighted by molar-refractivity contribution is 1.43. The van der Waals surface area contributed by atoms with E-state index in [1.54, 1.807) is 11.3 Å². The van der Waals surface area contributed by atoms with Crippen molar-refractivity contribution in [2.24, 2.45) is 0 Å². The first kappa shape index (κ1) is 9.19. The van der Waals surface area contributed by atoms with Crippen molar-refractivity contribution in [3.05, 3.63) is 23.8 Å². The van der Waals surface area contributed by atoms with Gasteiger partial charge in [0, 0.05) is 21.7 Å². The number of hydrogen-bond donors (Lipinski definition) is 2. The van der Waals surface area contributed by atoms with Gasteiger partial charge in [-0.25, -0.2) is 0 Å². The first-order valence-electron chi connectivity index (χ1n) is 3.78. The van der Waals surface area contributed by atoms with E-state index in [0.717, 1.165) is 25.5 Å². The first-order chi connectivity index (χ1) is 6.22. The van der Waals surface area contributed by atoms with Crippen LogP contribution in [0.15, 0.2) is 22.4 Å². The van der Waals surface area contributed by atoms with Crippen molar-refractivity contribution in [2.45, 2.75) is 10.1 Å². The fourth-order valence-corrected chi connectivity index (χ4v) is 2.76. The highest BCUT2D eigenvalue weighted by atomic mass is 35.5. The van der Waals surface area contributed by atoms with Gasteiger partial charge in [0.05, 0.1) is 4.21 Å². The standard InChI is InChI=1S/C9H8ClNS2/c10-4-5-1-2-7-6(9(5)11)3-8(12)13-7/h1-3,12H,4,11H2. The molecule has 0 aliphatic carbocycles. The van der Waals surface area contributed by atoms with Crippen LogP contribution < -0.4 is 5.73 Å². The van der Waals surface area contributed by atoms with Crippen LogP contribution in [0.3, 0.4) is 0 Å². The molecule has 2 N–H and O–H groups in total. The van der Waals surface area contributed by atoms with E-state index >= 15 is 0 Å². The molecule has 1 aromatic carbocycles. The van der Waals surface area contributed by atoms with Gasteiger partial charge in [-0.05, 0) is 17.7 Å². The second-order valence-corrected chi connectivity index (χ2v) is 4.90. The summed E-state index contributed by atoms with van der Waals surface area (Å²) in [6.45, 7) is 0. The van der Waals surface area contributed by atoms with E-state index in [1.807, 2.05) is 18.2 Å². The number of nitrogens with two attached hydrogens (primary N) is 1. The van der Waals surface area contributed by atoms with Gasteiger partial charge in [-0.15, -0.1) is 35.6 Å². The van der Waals surface area contributed by atoms with Crippen molar-refractivity contribution in [3.63, 3.8) is 0 Å². The number of hydrogen-bond acceptors (Lipinski definition) is 3. The minimum absolute atomic E-state index is 0.458. The number of fused-ring (bicyclic) bond motifs is 1. The Balaban J connectivity index is 2.78. The first-order valence-corrected chi connectivity index (χ1v) is 5.58. The third kappa shape index (κ3) is 1.52. The van der Waals surface area contributed by atoms with E-state index in [2.05, 4.69) is 12.6 Å². The number of thiol groups is 1. The molecule has 0 atom stereocenters. The van der Waals surface area contributed by atoms with Gasteiger partial charge in [0.2, 0.25) is 0 Å². The molecule has 0 bridgehead atoms. The number of rotatable bonds is 1. The summed E-state index contributed by atoms with van der Waals surface area (Å²) in [5, 5.41) is 1.06. The van der Waals surface area contributed by atoms with E-state index in [4.69, 9.17) is 17.3 Å². The van der Waals surface area contributed by atoms with Gasteiger partial charge in [0.15, 0.2) is 0 Å². The fraction of sp³-hybridized carbons (Fsp3) is 0.111. The zero-order valence-electron chi connectivity index (χ0n) is 6.75. The van der Waals surface area contributed by atoms with Crippen LogP contribution in [-0.2, 0) is 5.88 Å². The molecule has 0 saturated heterocycles. The summed E-state index contributed by atoms with van der Waals surface area (Å²) in [7, 11) is 0. The highest BCUT2D eigenvalue weighted by Crippen LogP contribution is 2.34. The van der Waals surface area contributed by atoms with Crippen LogP contribution in [0.25, 0.3) is 10.1 Å². The maximum atomic E-state index is 5.93. The molecule has 0 aliphatic rings. The molecule has 0 aliphatic heterocycles. The summed E-state index contributed by atoms with van der Waals surface area (Å²) in [6, 6.07) is 5.98. The summed E-state index contributed by atoms with van der Waals surface area (Å²) in [6.07, 6.45) is 0. The molecular weight excluding hydrogens is 222 g/mol. The Morgan fingerprint density at radius 2 is 2.23 bits per heavy atom. The highest BCUT2D eigenvalue weighted by Gasteiger charge is 2.05. The molecule has 0 saturated carbocycles. The van der Waals surface area contributed by atoms with Crippen LogP contribution in [0.1, 0.15) is 5.56 Å². The average Bonchev–Trinajstić information content (AvgIpc) is 2.47. The minimum atomic E-state index is 0.458. The summed E-state index contributed by atoms with van der Waals surface area (Å²) >= 11 is 11.7. The quantitative estimate of drug-likeness (QED) is 0.437. The van der Waals surface area contributed by atoms with Gasteiger partial charge >= 0.3 is 0 Å². The van der Waals surface area contributed by atoms with E-state index in [-0.39, 0.29) is 0 Å². The van der Waals surface area contributed by atoms with Gasteiger partial charge < -0.3 is 5.73 Å². The molecule has 0 fully saturated rings. The molecule has 68 valence electrons. The van der Waals surface area contributed by atoms with E-state index in [1.165, 1.54) is 0 Å². The maximum Gasteiger partial charge on any atom is 0.0581 e. The van der Waals surface area contributed by atoms with Crippen LogP contribution in [0.2, 0.25) is 0 Å². The summed E-state index contributed by atoms with van der Waals surface area (Å²) < 4.78 is 2.14.